The molecule has 0 spiro atoms. The standard InChI is InChI=1S/C13H15N3O3/c1-9-12(7-13(17)18)14-15-16(9)11-5-3-4-10(6-11)8-19-2/h3-6H,7-8H2,1-2H3,(H,17,18). The molecule has 0 aliphatic heterocycles. The van der Waals surface area contributed by atoms with Crippen molar-refractivity contribution in [1.82, 2.24) is 15.0 Å². The van der Waals surface area contributed by atoms with Crippen molar-refractivity contribution in [3.05, 3.63) is 41.2 Å². The molecule has 0 amide bonds. The molecule has 6 heteroatoms. The summed E-state index contributed by atoms with van der Waals surface area (Å²) in [6.07, 6.45) is -0.121. The highest BCUT2D eigenvalue weighted by Gasteiger charge is 2.13. The Kier molecular flexibility index (Phi) is 3.91. The van der Waals surface area contributed by atoms with Gasteiger partial charge in [-0.1, -0.05) is 17.3 Å². The van der Waals surface area contributed by atoms with E-state index in [2.05, 4.69) is 10.3 Å². The topological polar surface area (TPSA) is 77.2 Å². The number of nitrogens with zero attached hydrogens (tertiary/aromatic N) is 3. The van der Waals surface area contributed by atoms with E-state index in [1.165, 1.54) is 0 Å². The molecule has 0 saturated heterocycles. The van der Waals surface area contributed by atoms with E-state index in [9.17, 15) is 4.79 Å². The monoisotopic (exact) mass is 261 g/mol. The Morgan fingerprint density at radius 3 is 2.95 bits per heavy atom. The van der Waals surface area contributed by atoms with Crippen LogP contribution in [0.15, 0.2) is 24.3 Å². The quantitative estimate of drug-likeness (QED) is 0.879. The molecule has 0 bridgehead atoms. The number of hydrogen-bond donors (Lipinski definition) is 1. The Bertz CT molecular complexity index is 593. The summed E-state index contributed by atoms with van der Waals surface area (Å²) >= 11 is 0. The van der Waals surface area contributed by atoms with Gasteiger partial charge in [-0.25, -0.2) is 4.68 Å². The third-order valence-corrected chi connectivity index (χ3v) is 2.78. The predicted molar refractivity (Wildman–Crippen MR) is 68.1 cm³/mol. The van der Waals surface area contributed by atoms with Crippen LogP contribution >= 0.6 is 0 Å². The number of methoxy groups -OCH3 is 1. The van der Waals surface area contributed by atoms with Crippen molar-refractivity contribution in [2.45, 2.75) is 20.0 Å². The Labute approximate surface area is 110 Å². The van der Waals surface area contributed by atoms with Gasteiger partial charge >= 0.3 is 5.97 Å². The molecule has 1 aromatic heterocycles. The average molecular weight is 261 g/mol. The van der Waals surface area contributed by atoms with E-state index >= 15 is 0 Å². The molecule has 1 heterocycles. The smallest absolute Gasteiger partial charge is 0.309 e. The molecule has 1 aromatic carbocycles. The van der Waals surface area contributed by atoms with Crippen molar-refractivity contribution < 1.29 is 14.6 Å². The number of carboxylic acids is 1. The van der Waals surface area contributed by atoms with E-state index in [4.69, 9.17) is 9.84 Å². The number of hydrogen-bond acceptors (Lipinski definition) is 4. The highest BCUT2D eigenvalue weighted by atomic mass is 16.5. The number of aliphatic carboxylic acids is 1. The Balaban J connectivity index is 2.34. The van der Waals surface area contributed by atoms with E-state index in [0.29, 0.717) is 12.3 Å². The van der Waals surface area contributed by atoms with Crippen LogP contribution in [0.4, 0.5) is 0 Å². The van der Waals surface area contributed by atoms with Crippen molar-refractivity contribution in [2.24, 2.45) is 0 Å². The third kappa shape index (κ3) is 2.97. The van der Waals surface area contributed by atoms with Gasteiger partial charge in [0.25, 0.3) is 0 Å². The maximum absolute atomic E-state index is 10.7. The molecule has 6 nitrogen and oxygen atoms in total. The normalized spacial score (nSPS) is 10.6. The van der Waals surface area contributed by atoms with Crippen molar-refractivity contribution in [3.63, 3.8) is 0 Å². The third-order valence-electron chi connectivity index (χ3n) is 2.78. The highest BCUT2D eigenvalue weighted by Crippen LogP contribution is 2.14. The van der Waals surface area contributed by atoms with Crippen LogP contribution in [0.2, 0.25) is 0 Å². The number of carbonyl (C=O) groups is 1. The second-order valence-corrected chi connectivity index (χ2v) is 4.21. The first-order chi connectivity index (χ1) is 9.11. The minimum atomic E-state index is -0.914. The first-order valence-electron chi connectivity index (χ1n) is 5.83. The predicted octanol–water partition coefficient (Wildman–Crippen LogP) is 1.35. The molecule has 0 aliphatic carbocycles. The van der Waals surface area contributed by atoms with Gasteiger partial charge in [-0.05, 0) is 24.6 Å². The second-order valence-electron chi connectivity index (χ2n) is 4.21. The van der Waals surface area contributed by atoms with Gasteiger partial charge in [0.05, 0.1) is 30.1 Å². The summed E-state index contributed by atoms with van der Waals surface area (Å²) < 4.78 is 6.72. The van der Waals surface area contributed by atoms with Gasteiger partial charge in [0.2, 0.25) is 0 Å². The van der Waals surface area contributed by atoms with Crippen molar-refractivity contribution in [1.29, 1.82) is 0 Å². The summed E-state index contributed by atoms with van der Waals surface area (Å²) in [6.45, 7) is 2.32. The van der Waals surface area contributed by atoms with Crippen LogP contribution in [0, 0.1) is 6.92 Å². The second kappa shape index (κ2) is 5.62. The Hall–Kier alpha value is -2.21. The summed E-state index contributed by atoms with van der Waals surface area (Å²) in [6, 6.07) is 7.69. The zero-order valence-corrected chi connectivity index (χ0v) is 10.8. The summed E-state index contributed by atoms with van der Waals surface area (Å²) in [4.78, 5) is 10.7. The Morgan fingerprint density at radius 1 is 1.47 bits per heavy atom. The van der Waals surface area contributed by atoms with Gasteiger partial charge in [-0.2, -0.15) is 0 Å². The maximum atomic E-state index is 10.7. The van der Waals surface area contributed by atoms with E-state index < -0.39 is 5.97 Å². The van der Waals surface area contributed by atoms with Crippen LogP contribution in [0.1, 0.15) is 17.0 Å². The maximum Gasteiger partial charge on any atom is 0.309 e. The van der Waals surface area contributed by atoms with E-state index in [-0.39, 0.29) is 6.42 Å². The first-order valence-corrected chi connectivity index (χ1v) is 5.83. The SMILES string of the molecule is COCc1cccc(-n2nnc(CC(=O)O)c2C)c1. The lowest BCUT2D eigenvalue weighted by atomic mass is 10.2. The van der Waals surface area contributed by atoms with Crippen LogP contribution in [0.5, 0.6) is 0 Å². The molecule has 0 saturated carbocycles. The first kappa shape index (κ1) is 13.2. The van der Waals surface area contributed by atoms with Gasteiger partial charge in [-0.15, -0.1) is 5.10 Å². The van der Waals surface area contributed by atoms with Gasteiger partial charge in [0.1, 0.15) is 0 Å². The molecule has 2 rings (SSSR count). The van der Waals surface area contributed by atoms with Crippen LogP contribution in [0.25, 0.3) is 5.69 Å². The van der Waals surface area contributed by atoms with E-state index in [1.807, 2.05) is 24.3 Å². The van der Waals surface area contributed by atoms with E-state index in [1.54, 1.807) is 18.7 Å². The van der Waals surface area contributed by atoms with Gasteiger partial charge in [0.15, 0.2) is 0 Å². The molecule has 2 aromatic rings. The van der Waals surface area contributed by atoms with Crippen LogP contribution in [0.3, 0.4) is 0 Å². The van der Waals surface area contributed by atoms with Crippen LogP contribution in [-0.4, -0.2) is 33.2 Å². The molecule has 0 radical (unpaired) electrons. The van der Waals surface area contributed by atoms with E-state index in [0.717, 1.165) is 16.9 Å². The molecule has 0 unspecified atom stereocenters. The van der Waals surface area contributed by atoms with Crippen LogP contribution in [-0.2, 0) is 22.6 Å². The molecule has 1 N–H and O–H groups in total. The molecule has 19 heavy (non-hydrogen) atoms. The molecule has 100 valence electrons. The van der Waals surface area contributed by atoms with Crippen molar-refractivity contribution in [3.8, 4) is 5.69 Å². The molecule has 0 fully saturated rings. The number of carboxylic acid groups (broad SMARTS) is 1. The number of ether oxygens (including phenoxy) is 1. The minimum absolute atomic E-state index is 0.121. The van der Waals surface area contributed by atoms with Gasteiger partial charge in [0, 0.05) is 7.11 Å². The number of benzene rings is 1. The van der Waals surface area contributed by atoms with Crippen molar-refractivity contribution >= 4 is 5.97 Å². The molecular formula is C13H15N3O3. The number of aromatic nitrogens is 3. The fraction of sp³-hybridized carbons (Fsp3) is 0.308. The fourth-order valence-electron chi connectivity index (χ4n) is 1.86. The molecular weight excluding hydrogens is 246 g/mol. The molecule has 0 atom stereocenters. The van der Waals surface area contributed by atoms with Crippen LogP contribution < -0.4 is 0 Å². The largest absolute Gasteiger partial charge is 0.481 e. The van der Waals surface area contributed by atoms with Crippen molar-refractivity contribution in [2.75, 3.05) is 7.11 Å². The van der Waals surface area contributed by atoms with Gasteiger partial charge in [-0.3, -0.25) is 4.79 Å². The Morgan fingerprint density at radius 2 is 2.26 bits per heavy atom. The molecule has 0 aliphatic rings. The highest BCUT2D eigenvalue weighted by molar-refractivity contribution is 5.69. The summed E-state index contributed by atoms with van der Waals surface area (Å²) in [7, 11) is 1.64. The zero-order chi connectivity index (χ0) is 13.8. The lowest BCUT2D eigenvalue weighted by Crippen LogP contribution is -2.04. The lowest BCUT2D eigenvalue weighted by molar-refractivity contribution is -0.136. The van der Waals surface area contributed by atoms with Gasteiger partial charge < -0.3 is 9.84 Å². The number of rotatable bonds is 5. The summed E-state index contributed by atoms with van der Waals surface area (Å²) in [5, 5.41) is 16.7. The fourth-order valence-corrected chi connectivity index (χ4v) is 1.86. The minimum Gasteiger partial charge on any atom is -0.481 e. The zero-order valence-electron chi connectivity index (χ0n) is 10.8. The summed E-state index contributed by atoms with van der Waals surface area (Å²) in [5.74, 6) is -0.914. The summed E-state index contributed by atoms with van der Waals surface area (Å²) in [5.41, 5.74) is 3.08. The lowest BCUT2D eigenvalue weighted by Gasteiger charge is -2.06. The average Bonchev–Trinajstić information content (AvgIpc) is 2.71.